The van der Waals surface area contributed by atoms with Gasteiger partial charge in [0.2, 0.25) is 5.88 Å². The van der Waals surface area contributed by atoms with Gasteiger partial charge in [-0.25, -0.2) is 4.79 Å². The summed E-state index contributed by atoms with van der Waals surface area (Å²) in [7, 11) is 0. The third-order valence-electron chi connectivity index (χ3n) is 3.70. The summed E-state index contributed by atoms with van der Waals surface area (Å²) in [5.74, 6) is -0.0887. The molecule has 7 heteroatoms. The maximum Gasteiger partial charge on any atom is 0.452 e. The van der Waals surface area contributed by atoms with Gasteiger partial charge in [-0.05, 0) is 24.6 Å². The molecule has 128 valence electrons. The van der Waals surface area contributed by atoms with Crippen LogP contribution in [0.15, 0.2) is 58.8 Å². The maximum absolute atomic E-state index is 11.4. The number of hydrogen-bond donors (Lipinski definition) is 1. The number of halogens is 1. The fraction of sp³-hybridized carbons (Fsp3) is 0.167. The van der Waals surface area contributed by atoms with Crippen LogP contribution in [0, 0.1) is 0 Å². The quantitative estimate of drug-likeness (QED) is 0.644. The van der Waals surface area contributed by atoms with Gasteiger partial charge in [0.25, 0.3) is 0 Å². The molecule has 0 atom stereocenters. The molecular weight excluding hydrogens is 342 g/mol. The van der Waals surface area contributed by atoms with Gasteiger partial charge >= 0.3 is 6.09 Å². The van der Waals surface area contributed by atoms with Crippen molar-refractivity contribution in [1.29, 1.82) is 0 Å². The molecular formula is C18H16ClN3O3. The molecule has 1 amide bonds. The van der Waals surface area contributed by atoms with E-state index >= 15 is 0 Å². The molecule has 1 heterocycles. The molecule has 0 unspecified atom stereocenters. The zero-order valence-corrected chi connectivity index (χ0v) is 14.3. The van der Waals surface area contributed by atoms with Crippen molar-refractivity contribution in [3.63, 3.8) is 0 Å². The van der Waals surface area contributed by atoms with Crippen LogP contribution in [0.3, 0.4) is 0 Å². The molecule has 0 saturated heterocycles. The molecule has 0 radical (unpaired) electrons. The van der Waals surface area contributed by atoms with Gasteiger partial charge < -0.3 is 14.4 Å². The third-order valence-corrected chi connectivity index (χ3v) is 4.07. The van der Waals surface area contributed by atoms with Crippen LogP contribution in [-0.4, -0.2) is 22.4 Å². The zero-order chi connectivity index (χ0) is 17.8. The number of ether oxygens (including phenoxy) is 1. The Morgan fingerprint density at radius 3 is 2.68 bits per heavy atom. The van der Waals surface area contributed by atoms with Crippen LogP contribution in [0.25, 0.3) is 10.9 Å². The SMILES string of the molecule is CCOC(=O)N=Nc1c(O)n(Cc2ccccc2Cl)c2ccccc12. The monoisotopic (exact) mass is 357 g/mol. The Hall–Kier alpha value is -2.86. The van der Waals surface area contributed by atoms with Crippen LogP contribution in [0.5, 0.6) is 5.88 Å². The number of amides is 1. The third kappa shape index (κ3) is 3.49. The lowest BCUT2D eigenvalue weighted by atomic mass is 10.2. The Bertz CT molecular complexity index is 950. The summed E-state index contributed by atoms with van der Waals surface area (Å²) >= 11 is 6.22. The topological polar surface area (TPSA) is 76.2 Å². The van der Waals surface area contributed by atoms with Crippen LogP contribution in [0.4, 0.5) is 10.5 Å². The van der Waals surface area contributed by atoms with E-state index in [0.29, 0.717) is 17.0 Å². The van der Waals surface area contributed by atoms with Gasteiger partial charge in [0.05, 0.1) is 18.7 Å². The Labute approximate surface area is 149 Å². The second kappa shape index (κ2) is 7.36. The number of aromatic nitrogens is 1. The Morgan fingerprint density at radius 1 is 1.20 bits per heavy atom. The number of hydrogen-bond acceptors (Lipinski definition) is 4. The molecule has 6 nitrogen and oxygen atoms in total. The van der Waals surface area contributed by atoms with Gasteiger partial charge in [-0.1, -0.05) is 53.1 Å². The molecule has 2 aromatic carbocycles. The van der Waals surface area contributed by atoms with Crippen molar-refractivity contribution >= 4 is 34.3 Å². The average molecular weight is 358 g/mol. The van der Waals surface area contributed by atoms with E-state index in [1.165, 1.54) is 0 Å². The van der Waals surface area contributed by atoms with Gasteiger partial charge in [-0.3, -0.25) is 0 Å². The lowest BCUT2D eigenvalue weighted by molar-refractivity contribution is 0.162. The van der Waals surface area contributed by atoms with Crippen molar-refractivity contribution in [2.45, 2.75) is 13.5 Å². The Balaban J connectivity index is 2.06. The fourth-order valence-electron chi connectivity index (χ4n) is 2.57. The molecule has 25 heavy (non-hydrogen) atoms. The van der Waals surface area contributed by atoms with E-state index in [1.807, 2.05) is 36.4 Å². The molecule has 0 spiro atoms. The fourth-order valence-corrected chi connectivity index (χ4v) is 2.77. The van der Waals surface area contributed by atoms with Crippen molar-refractivity contribution in [2.75, 3.05) is 6.61 Å². The number of para-hydroxylation sites is 1. The first-order valence-corrected chi connectivity index (χ1v) is 8.11. The molecule has 3 aromatic rings. The van der Waals surface area contributed by atoms with Crippen LogP contribution in [0.1, 0.15) is 12.5 Å². The van der Waals surface area contributed by atoms with Crippen molar-refractivity contribution in [3.05, 3.63) is 59.1 Å². The first-order chi connectivity index (χ1) is 12.1. The number of carbonyl (C=O) groups is 1. The number of carbonyl (C=O) groups excluding carboxylic acids is 1. The normalized spacial score (nSPS) is 11.3. The second-order valence-electron chi connectivity index (χ2n) is 5.27. The molecule has 0 bridgehead atoms. The number of fused-ring (bicyclic) bond motifs is 1. The first kappa shape index (κ1) is 17.0. The van der Waals surface area contributed by atoms with Crippen molar-refractivity contribution < 1.29 is 14.6 Å². The second-order valence-corrected chi connectivity index (χ2v) is 5.67. The van der Waals surface area contributed by atoms with E-state index in [4.69, 9.17) is 16.3 Å². The summed E-state index contributed by atoms with van der Waals surface area (Å²) in [4.78, 5) is 11.4. The minimum atomic E-state index is -0.801. The predicted octanol–water partition coefficient (Wildman–Crippen LogP) is 5.29. The van der Waals surface area contributed by atoms with Crippen LogP contribution in [-0.2, 0) is 11.3 Å². The maximum atomic E-state index is 11.4. The van der Waals surface area contributed by atoms with E-state index in [1.54, 1.807) is 23.6 Å². The van der Waals surface area contributed by atoms with E-state index in [9.17, 15) is 9.90 Å². The Kier molecular flexibility index (Phi) is 5.00. The van der Waals surface area contributed by atoms with Crippen molar-refractivity contribution in [1.82, 2.24) is 4.57 Å². The summed E-state index contributed by atoms with van der Waals surface area (Å²) in [6, 6.07) is 14.7. The van der Waals surface area contributed by atoms with Crippen LogP contribution < -0.4 is 0 Å². The Morgan fingerprint density at radius 2 is 1.92 bits per heavy atom. The van der Waals surface area contributed by atoms with Gasteiger partial charge in [-0.2, -0.15) is 0 Å². The average Bonchev–Trinajstić information content (AvgIpc) is 2.87. The lowest BCUT2D eigenvalue weighted by Gasteiger charge is -2.08. The van der Waals surface area contributed by atoms with E-state index in [2.05, 4.69) is 10.2 Å². The molecule has 1 N–H and O–H groups in total. The van der Waals surface area contributed by atoms with Crippen molar-refractivity contribution in [3.8, 4) is 5.88 Å². The van der Waals surface area contributed by atoms with E-state index in [0.717, 1.165) is 11.1 Å². The number of nitrogens with zero attached hydrogens (tertiary/aromatic N) is 3. The summed E-state index contributed by atoms with van der Waals surface area (Å²) in [6.45, 7) is 2.25. The molecule has 0 aliphatic heterocycles. The smallest absolute Gasteiger partial charge is 0.452 e. The summed E-state index contributed by atoms with van der Waals surface area (Å²) < 4.78 is 6.41. The van der Waals surface area contributed by atoms with Crippen LogP contribution in [0.2, 0.25) is 5.02 Å². The van der Waals surface area contributed by atoms with Gasteiger partial charge in [0, 0.05) is 10.4 Å². The molecule has 0 fully saturated rings. The number of rotatable bonds is 4. The predicted molar refractivity (Wildman–Crippen MR) is 95.7 cm³/mol. The minimum absolute atomic E-state index is 0.0887. The van der Waals surface area contributed by atoms with Crippen LogP contribution >= 0.6 is 11.6 Å². The lowest BCUT2D eigenvalue weighted by Crippen LogP contribution is -1.99. The molecule has 1 aromatic heterocycles. The minimum Gasteiger partial charge on any atom is -0.493 e. The summed E-state index contributed by atoms with van der Waals surface area (Å²) in [5, 5.41) is 19.3. The van der Waals surface area contributed by atoms with Crippen molar-refractivity contribution in [2.24, 2.45) is 10.2 Å². The van der Waals surface area contributed by atoms with Gasteiger partial charge in [-0.15, -0.1) is 5.11 Å². The highest BCUT2D eigenvalue weighted by Crippen LogP contribution is 2.39. The number of aromatic hydroxyl groups is 1. The summed E-state index contributed by atoms with van der Waals surface area (Å²) in [5.41, 5.74) is 1.84. The highest BCUT2D eigenvalue weighted by Gasteiger charge is 2.17. The highest BCUT2D eigenvalue weighted by molar-refractivity contribution is 6.31. The van der Waals surface area contributed by atoms with Gasteiger partial charge in [0.1, 0.15) is 0 Å². The first-order valence-electron chi connectivity index (χ1n) is 7.74. The largest absolute Gasteiger partial charge is 0.493 e. The van der Waals surface area contributed by atoms with E-state index < -0.39 is 6.09 Å². The molecule has 0 saturated carbocycles. The molecule has 0 aliphatic carbocycles. The highest BCUT2D eigenvalue weighted by atomic mass is 35.5. The standard InChI is InChI=1S/C18H16ClN3O3/c1-2-25-18(24)21-20-16-13-8-4-6-10-15(13)22(17(16)23)11-12-7-3-5-9-14(12)19/h3-10,23H,2,11H2,1H3. The summed E-state index contributed by atoms with van der Waals surface area (Å²) in [6.07, 6.45) is -0.801. The van der Waals surface area contributed by atoms with Gasteiger partial charge in [0.15, 0.2) is 5.69 Å². The molecule has 0 aliphatic rings. The zero-order valence-electron chi connectivity index (χ0n) is 13.5. The number of azo groups is 1. The molecule has 3 rings (SSSR count). The van der Waals surface area contributed by atoms with E-state index in [-0.39, 0.29) is 18.2 Å². The number of benzene rings is 2.